The standard InChI is InChI=1S/C13H15N3O3S/c1-9-14-15-13(20-8-12(17)18)16(9)7-10-5-3-4-6-11(10)19-2/h3-6H,7-8H2,1-2H3,(H,17,18). The Hall–Kier alpha value is -2.02. The largest absolute Gasteiger partial charge is 0.496 e. The molecule has 2 rings (SSSR count). The van der Waals surface area contributed by atoms with Gasteiger partial charge in [-0.1, -0.05) is 30.0 Å². The molecule has 0 unspecified atom stereocenters. The van der Waals surface area contributed by atoms with Crippen molar-refractivity contribution in [2.24, 2.45) is 0 Å². The Morgan fingerprint density at radius 2 is 2.15 bits per heavy atom. The van der Waals surface area contributed by atoms with Gasteiger partial charge in [-0.3, -0.25) is 4.79 Å². The Morgan fingerprint density at radius 3 is 2.85 bits per heavy atom. The molecule has 1 N–H and O–H groups in total. The van der Waals surface area contributed by atoms with Gasteiger partial charge < -0.3 is 14.4 Å². The number of methoxy groups -OCH3 is 1. The van der Waals surface area contributed by atoms with Crippen LogP contribution in [-0.2, 0) is 11.3 Å². The molecule has 0 fully saturated rings. The van der Waals surface area contributed by atoms with Crippen molar-refractivity contribution in [2.45, 2.75) is 18.6 Å². The van der Waals surface area contributed by atoms with Gasteiger partial charge in [-0.05, 0) is 13.0 Å². The zero-order valence-electron chi connectivity index (χ0n) is 11.2. The Kier molecular flexibility index (Phi) is 4.62. The van der Waals surface area contributed by atoms with E-state index in [0.717, 1.165) is 28.9 Å². The van der Waals surface area contributed by atoms with Crippen LogP contribution in [0.25, 0.3) is 0 Å². The van der Waals surface area contributed by atoms with Gasteiger partial charge in [0.1, 0.15) is 11.6 Å². The molecular formula is C13H15N3O3S. The van der Waals surface area contributed by atoms with Gasteiger partial charge in [0.05, 0.1) is 19.4 Å². The molecule has 0 radical (unpaired) electrons. The number of carbonyl (C=O) groups is 1. The number of benzene rings is 1. The molecule has 1 aromatic heterocycles. The molecule has 106 valence electrons. The van der Waals surface area contributed by atoms with Crippen LogP contribution in [0.2, 0.25) is 0 Å². The van der Waals surface area contributed by atoms with Crippen molar-refractivity contribution < 1.29 is 14.6 Å². The van der Waals surface area contributed by atoms with E-state index in [1.165, 1.54) is 0 Å². The predicted molar refractivity (Wildman–Crippen MR) is 75.2 cm³/mol. The van der Waals surface area contributed by atoms with E-state index < -0.39 is 5.97 Å². The summed E-state index contributed by atoms with van der Waals surface area (Å²) in [6.45, 7) is 2.39. The molecule has 0 bridgehead atoms. The predicted octanol–water partition coefficient (Wildman–Crippen LogP) is 1.82. The van der Waals surface area contributed by atoms with Gasteiger partial charge in [-0.15, -0.1) is 10.2 Å². The van der Waals surface area contributed by atoms with Crippen LogP contribution >= 0.6 is 11.8 Å². The van der Waals surface area contributed by atoms with E-state index in [0.29, 0.717) is 11.7 Å². The van der Waals surface area contributed by atoms with Crippen LogP contribution in [0.4, 0.5) is 0 Å². The van der Waals surface area contributed by atoms with E-state index in [9.17, 15) is 4.79 Å². The van der Waals surface area contributed by atoms with Gasteiger partial charge in [0.25, 0.3) is 0 Å². The molecule has 20 heavy (non-hydrogen) atoms. The number of carboxylic acid groups (broad SMARTS) is 1. The van der Waals surface area contributed by atoms with Crippen LogP contribution in [0.1, 0.15) is 11.4 Å². The molecule has 2 aromatic rings. The molecule has 1 heterocycles. The summed E-state index contributed by atoms with van der Waals surface area (Å²) in [5, 5.41) is 17.4. The number of aromatic nitrogens is 3. The maximum Gasteiger partial charge on any atom is 0.313 e. The minimum Gasteiger partial charge on any atom is -0.496 e. The average Bonchev–Trinajstić information content (AvgIpc) is 2.78. The third kappa shape index (κ3) is 3.30. The van der Waals surface area contributed by atoms with Crippen molar-refractivity contribution in [1.29, 1.82) is 0 Å². The van der Waals surface area contributed by atoms with Gasteiger partial charge in [-0.25, -0.2) is 0 Å². The van der Waals surface area contributed by atoms with Crippen LogP contribution < -0.4 is 4.74 Å². The normalized spacial score (nSPS) is 10.5. The first-order valence-corrected chi connectivity index (χ1v) is 6.96. The van der Waals surface area contributed by atoms with E-state index in [1.54, 1.807) is 7.11 Å². The zero-order valence-corrected chi connectivity index (χ0v) is 12.1. The molecule has 0 amide bonds. The fourth-order valence-electron chi connectivity index (χ4n) is 1.78. The van der Waals surface area contributed by atoms with Crippen molar-refractivity contribution in [2.75, 3.05) is 12.9 Å². The van der Waals surface area contributed by atoms with Crippen LogP contribution in [0, 0.1) is 6.92 Å². The van der Waals surface area contributed by atoms with Crippen LogP contribution in [-0.4, -0.2) is 38.7 Å². The summed E-state index contributed by atoms with van der Waals surface area (Å²) in [6.07, 6.45) is 0. The van der Waals surface area contributed by atoms with Crippen molar-refractivity contribution >= 4 is 17.7 Å². The molecular weight excluding hydrogens is 278 g/mol. The number of ether oxygens (including phenoxy) is 1. The Labute approximate surface area is 120 Å². The highest BCUT2D eigenvalue weighted by molar-refractivity contribution is 7.99. The van der Waals surface area contributed by atoms with Crippen molar-refractivity contribution in [3.63, 3.8) is 0 Å². The maximum atomic E-state index is 10.7. The number of nitrogens with zero attached hydrogens (tertiary/aromatic N) is 3. The molecule has 6 nitrogen and oxygen atoms in total. The number of hydrogen-bond acceptors (Lipinski definition) is 5. The molecule has 0 atom stereocenters. The quantitative estimate of drug-likeness (QED) is 0.819. The highest BCUT2D eigenvalue weighted by Gasteiger charge is 2.13. The van der Waals surface area contributed by atoms with E-state index in [4.69, 9.17) is 9.84 Å². The lowest BCUT2D eigenvalue weighted by Gasteiger charge is -2.11. The maximum absolute atomic E-state index is 10.7. The average molecular weight is 293 g/mol. The first-order chi connectivity index (χ1) is 9.61. The number of aliphatic carboxylic acids is 1. The molecule has 0 saturated heterocycles. The molecule has 0 spiro atoms. The monoisotopic (exact) mass is 293 g/mol. The van der Waals surface area contributed by atoms with Crippen molar-refractivity contribution in [1.82, 2.24) is 14.8 Å². The number of carboxylic acids is 1. The second kappa shape index (κ2) is 6.42. The lowest BCUT2D eigenvalue weighted by atomic mass is 10.2. The summed E-state index contributed by atoms with van der Waals surface area (Å²) in [5.41, 5.74) is 0.995. The smallest absolute Gasteiger partial charge is 0.313 e. The third-order valence-corrected chi connectivity index (χ3v) is 3.70. The Morgan fingerprint density at radius 1 is 1.40 bits per heavy atom. The SMILES string of the molecule is COc1ccccc1Cn1c(C)nnc1SCC(=O)O. The summed E-state index contributed by atoms with van der Waals surface area (Å²) in [4.78, 5) is 10.7. The van der Waals surface area contributed by atoms with Gasteiger partial charge >= 0.3 is 5.97 Å². The number of rotatable bonds is 6. The zero-order chi connectivity index (χ0) is 14.5. The fourth-order valence-corrected chi connectivity index (χ4v) is 2.48. The molecule has 0 aliphatic heterocycles. The number of hydrogen-bond donors (Lipinski definition) is 1. The van der Waals surface area contributed by atoms with E-state index in [2.05, 4.69) is 10.2 Å². The Balaban J connectivity index is 2.24. The lowest BCUT2D eigenvalue weighted by Crippen LogP contribution is -2.07. The highest BCUT2D eigenvalue weighted by Crippen LogP contribution is 2.22. The second-order valence-electron chi connectivity index (χ2n) is 4.11. The summed E-state index contributed by atoms with van der Waals surface area (Å²) >= 11 is 1.16. The molecule has 0 saturated carbocycles. The summed E-state index contributed by atoms with van der Waals surface area (Å²) in [6, 6.07) is 7.69. The minimum atomic E-state index is -0.875. The van der Waals surface area contributed by atoms with Crippen molar-refractivity contribution in [3.8, 4) is 5.75 Å². The highest BCUT2D eigenvalue weighted by atomic mass is 32.2. The number of aryl methyl sites for hydroxylation is 1. The first kappa shape index (κ1) is 14.4. The van der Waals surface area contributed by atoms with Gasteiger partial charge in [-0.2, -0.15) is 0 Å². The minimum absolute atomic E-state index is 0.0376. The second-order valence-corrected chi connectivity index (χ2v) is 5.05. The molecule has 0 aliphatic carbocycles. The van der Waals surface area contributed by atoms with E-state index in [-0.39, 0.29) is 5.75 Å². The van der Waals surface area contributed by atoms with Crippen LogP contribution in [0.3, 0.4) is 0 Å². The summed E-state index contributed by atoms with van der Waals surface area (Å²) in [5.74, 6) is 0.613. The number of thioether (sulfide) groups is 1. The van der Waals surface area contributed by atoms with E-state index >= 15 is 0 Å². The third-order valence-electron chi connectivity index (χ3n) is 2.75. The molecule has 0 aliphatic rings. The van der Waals surface area contributed by atoms with Gasteiger partial charge in [0.2, 0.25) is 0 Å². The fraction of sp³-hybridized carbons (Fsp3) is 0.308. The first-order valence-electron chi connectivity index (χ1n) is 5.98. The van der Waals surface area contributed by atoms with Crippen LogP contribution in [0.15, 0.2) is 29.4 Å². The Bertz CT molecular complexity index is 613. The topological polar surface area (TPSA) is 77.2 Å². The summed E-state index contributed by atoms with van der Waals surface area (Å²) < 4.78 is 7.20. The lowest BCUT2D eigenvalue weighted by molar-refractivity contribution is -0.133. The van der Waals surface area contributed by atoms with E-state index in [1.807, 2.05) is 35.8 Å². The van der Waals surface area contributed by atoms with Gasteiger partial charge in [0, 0.05) is 5.56 Å². The molecule has 7 heteroatoms. The number of para-hydroxylation sites is 1. The van der Waals surface area contributed by atoms with Crippen LogP contribution in [0.5, 0.6) is 5.75 Å². The molecule has 1 aromatic carbocycles. The van der Waals surface area contributed by atoms with Gasteiger partial charge in [0.15, 0.2) is 5.16 Å². The summed E-state index contributed by atoms with van der Waals surface area (Å²) in [7, 11) is 1.62. The van der Waals surface area contributed by atoms with Crippen molar-refractivity contribution in [3.05, 3.63) is 35.7 Å².